The minimum absolute atomic E-state index is 0.0559. The Balaban J connectivity index is 2.45. The quantitative estimate of drug-likeness (QED) is 0.810. The number of aliphatic hydroxyl groups is 1. The molecule has 0 radical (unpaired) electrons. The van der Waals surface area contributed by atoms with E-state index in [0.29, 0.717) is 13.0 Å². The van der Waals surface area contributed by atoms with E-state index in [2.05, 4.69) is 0 Å². The number of para-hydroxylation sites is 1. The summed E-state index contributed by atoms with van der Waals surface area (Å²) in [7, 11) is 0. The number of benzene rings is 1. The van der Waals surface area contributed by atoms with Crippen LogP contribution in [0.5, 0.6) is 5.75 Å². The number of hydrogen-bond donors (Lipinski definition) is 1. The molecule has 17 heavy (non-hydrogen) atoms. The topological polar surface area (TPSA) is 46.5 Å². The van der Waals surface area contributed by atoms with Gasteiger partial charge in [0.1, 0.15) is 5.75 Å². The first-order valence-corrected chi connectivity index (χ1v) is 5.79. The number of rotatable bonds is 3. The SMILES string of the molecule is CC(=O)/C=C1\CCOc2c(CCO)cccc21. The molecule has 0 amide bonds. The van der Waals surface area contributed by atoms with E-state index in [0.717, 1.165) is 28.9 Å². The van der Waals surface area contributed by atoms with Crippen molar-refractivity contribution in [2.45, 2.75) is 19.8 Å². The summed E-state index contributed by atoms with van der Waals surface area (Å²) in [5.41, 5.74) is 3.01. The molecular weight excluding hydrogens is 216 g/mol. The summed E-state index contributed by atoms with van der Waals surface area (Å²) < 4.78 is 5.66. The average molecular weight is 232 g/mol. The highest BCUT2D eigenvalue weighted by Gasteiger charge is 2.18. The van der Waals surface area contributed by atoms with Crippen LogP contribution in [0.2, 0.25) is 0 Å². The zero-order chi connectivity index (χ0) is 12.3. The Morgan fingerprint density at radius 3 is 3.06 bits per heavy atom. The van der Waals surface area contributed by atoms with Crippen LogP contribution in [-0.2, 0) is 11.2 Å². The maximum Gasteiger partial charge on any atom is 0.152 e. The second-order valence-electron chi connectivity index (χ2n) is 4.15. The number of aliphatic hydroxyl groups excluding tert-OH is 1. The van der Waals surface area contributed by atoms with Gasteiger partial charge in [-0.3, -0.25) is 4.79 Å². The van der Waals surface area contributed by atoms with Crippen LogP contribution in [0.25, 0.3) is 5.57 Å². The molecule has 1 heterocycles. The van der Waals surface area contributed by atoms with Gasteiger partial charge in [0.15, 0.2) is 5.78 Å². The largest absolute Gasteiger partial charge is 0.492 e. The van der Waals surface area contributed by atoms with Gasteiger partial charge in [-0.05, 0) is 30.6 Å². The summed E-state index contributed by atoms with van der Waals surface area (Å²) >= 11 is 0. The third-order valence-electron chi connectivity index (χ3n) is 2.82. The minimum atomic E-state index is 0.0559. The van der Waals surface area contributed by atoms with Crippen LogP contribution >= 0.6 is 0 Å². The first-order valence-electron chi connectivity index (χ1n) is 5.79. The lowest BCUT2D eigenvalue weighted by molar-refractivity contribution is -0.112. The molecule has 2 rings (SSSR count). The molecule has 0 aliphatic carbocycles. The van der Waals surface area contributed by atoms with Gasteiger partial charge in [0, 0.05) is 18.6 Å². The molecule has 3 nitrogen and oxygen atoms in total. The summed E-state index contributed by atoms with van der Waals surface area (Å²) in [4.78, 5) is 11.2. The molecule has 1 N–H and O–H groups in total. The van der Waals surface area contributed by atoms with Crippen LogP contribution in [0.1, 0.15) is 24.5 Å². The number of hydrogen-bond acceptors (Lipinski definition) is 3. The van der Waals surface area contributed by atoms with Crippen LogP contribution in [0, 0.1) is 0 Å². The van der Waals surface area contributed by atoms with Crippen LogP contribution in [0.4, 0.5) is 0 Å². The molecule has 1 aliphatic heterocycles. The third kappa shape index (κ3) is 2.56. The monoisotopic (exact) mass is 232 g/mol. The van der Waals surface area contributed by atoms with Crippen molar-refractivity contribution in [3.8, 4) is 5.75 Å². The Morgan fingerprint density at radius 2 is 2.35 bits per heavy atom. The number of carbonyl (C=O) groups is 1. The van der Waals surface area contributed by atoms with Crippen molar-refractivity contribution in [3.63, 3.8) is 0 Å². The Hall–Kier alpha value is -1.61. The van der Waals surface area contributed by atoms with Gasteiger partial charge in [-0.15, -0.1) is 0 Å². The predicted molar refractivity (Wildman–Crippen MR) is 66.0 cm³/mol. The fourth-order valence-electron chi connectivity index (χ4n) is 2.12. The molecule has 0 saturated heterocycles. The minimum Gasteiger partial charge on any atom is -0.492 e. The van der Waals surface area contributed by atoms with E-state index in [4.69, 9.17) is 9.84 Å². The molecule has 90 valence electrons. The lowest BCUT2D eigenvalue weighted by Crippen LogP contribution is -2.11. The molecule has 1 aliphatic rings. The summed E-state index contributed by atoms with van der Waals surface area (Å²) in [6.07, 6.45) is 3.01. The maximum atomic E-state index is 11.2. The Labute approximate surface area is 101 Å². The number of allylic oxidation sites excluding steroid dienone is 1. The van der Waals surface area contributed by atoms with Gasteiger partial charge in [-0.2, -0.15) is 0 Å². The normalized spacial score (nSPS) is 16.5. The summed E-state index contributed by atoms with van der Waals surface area (Å²) in [6, 6.07) is 5.85. The number of fused-ring (bicyclic) bond motifs is 1. The molecule has 0 unspecified atom stereocenters. The maximum absolute atomic E-state index is 11.2. The molecule has 0 fully saturated rings. The van der Waals surface area contributed by atoms with E-state index in [1.54, 1.807) is 13.0 Å². The van der Waals surface area contributed by atoms with Crippen molar-refractivity contribution in [2.75, 3.05) is 13.2 Å². The van der Waals surface area contributed by atoms with Gasteiger partial charge < -0.3 is 9.84 Å². The zero-order valence-electron chi connectivity index (χ0n) is 9.90. The van der Waals surface area contributed by atoms with E-state index in [-0.39, 0.29) is 12.4 Å². The third-order valence-corrected chi connectivity index (χ3v) is 2.82. The Morgan fingerprint density at radius 1 is 1.53 bits per heavy atom. The van der Waals surface area contributed by atoms with E-state index in [1.807, 2.05) is 18.2 Å². The molecule has 0 saturated carbocycles. The molecule has 3 heteroatoms. The highest BCUT2D eigenvalue weighted by atomic mass is 16.5. The first kappa shape index (κ1) is 11.9. The molecule has 1 aromatic carbocycles. The van der Waals surface area contributed by atoms with E-state index in [9.17, 15) is 4.79 Å². The Kier molecular flexibility index (Phi) is 3.59. The molecule has 1 aromatic rings. The number of ketones is 1. The summed E-state index contributed by atoms with van der Waals surface area (Å²) in [5.74, 6) is 0.876. The van der Waals surface area contributed by atoms with Crippen LogP contribution in [0.15, 0.2) is 24.3 Å². The lowest BCUT2D eigenvalue weighted by atomic mass is 9.95. The fraction of sp³-hybridized carbons (Fsp3) is 0.357. The Bertz CT molecular complexity index is 461. The van der Waals surface area contributed by atoms with Gasteiger partial charge in [0.2, 0.25) is 0 Å². The highest BCUT2D eigenvalue weighted by Crippen LogP contribution is 2.35. The molecule has 0 atom stereocenters. The second kappa shape index (κ2) is 5.15. The van der Waals surface area contributed by atoms with Crippen LogP contribution in [-0.4, -0.2) is 24.1 Å². The predicted octanol–water partition coefficient (Wildman–Crippen LogP) is 1.98. The summed E-state index contributed by atoms with van der Waals surface area (Å²) in [5, 5.41) is 9.01. The number of ether oxygens (including phenoxy) is 1. The van der Waals surface area contributed by atoms with E-state index < -0.39 is 0 Å². The van der Waals surface area contributed by atoms with Gasteiger partial charge in [-0.25, -0.2) is 0 Å². The average Bonchev–Trinajstić information content (AvgIpc) is 2.30. The van der Waals surface area contributed by atoms with Crippen molar-refractivity contribution < 1.29 is 14.6 Å². The van der Waals surface area contributed by atoms with Crippen LogP contribution in [0.3, 0.4) is 0 Å². The standard InChI is InChI=1S/C14H16O3/c1-10(16)9-12-6-8-17-14-11(5-7-15)3-2-4-13(12)14/h2-4,9,15H,5-8H2,1H3/b12-9+. The van der Waals surface area contributed by atoms with E-state index >= 15 is 0 Å². The van der Waals surface area contributed by atoms with Crippen molar-refractivity contribution in [3.05, 3.63) is 35.4 Å². The molecule has 0 aromatic heterocycles. The fourth-order valence-corrected chi connectivity index (χ4v) is 2.12. The number of carbonyl (C=O) groups excluding carboxylic acids is 1. The smallest absolute Gasteiger partial charge is 0.152 e. The van der Waals surface area contributed by atoms with Crippen LogP contribution < -0.4 is 4.74 Å². The molecule has 0 spiro atoms. The van der Waals surface area contributed by atoms with Crippen molar-refractivity contribution in [2.24, 2.45) is 0 Å². The van der Waals surface area contributed by atoms with Gasteiger partial charge in [0.05, 0.1) is 6.61 Å². The van der Waals surface area contributed by atoms with E-state index in [1.165, 1.54) is 0 Å². The zero-order valence-corrected chi connectivity index (χ0v) is 9.90. The van der Waals surface area contributed by atoms with Gasteiger partial charge in [-0.1, -0.05) is 18.2 Å². The van der Waals surface area contributed by atoms with Crippen molar-refractivity contribution in [1.29, 1.82) is 0 Å². The highest BCUT2D eigenvalue weighted by molar-refractivity contribution is 5.96. The molecule has 0 bridgehead atoms. The molecular formula is C14H16O3. The van der Waals surface area contributed by atoms with Crippen molar-refractivity contribution >= 4 is 11.4 Å². The van der Waals surface area contributed by atoms with Gasteiger partial charge >= 0.3 is 0 Å². The lowest BCUT2D eigenvalue weighted by Gasteiger charge is -2.22. The first-order chi connectivity index (χ1) is 8.22. The summed E-state index contributed by atoms with van der Waals surface area (Å²) in [6.45, 7) is 2.25. The van der Waals surface area contributed by atoms with Gasteiger partial charge in [0.25, 0.3) is 0 Å². The van der Waals surface area contributed by atoms with Crippen molar-refractivity contribution in [1.82, 2.24) is 0 Å². The second-order valence-corrected chi connectivity index (χ2v) is 4.15.